The SMILES string of the molecule is CNC(CCN1CC(C)CC(C)C1)c1ccccc1C. The topological polar surface area (TPSA) is 15.3 Å². The van der Waals surface area contributed by atoms with Crippen molar-refractivity contribution in [2.45, 2.75) is 39.7 Å². The molecule has 112 valence electrons. The van der Waals surface area contributed by atoms with Crippen molar-refractivity contribution in [3.8, 4) is 0 Å². The summed E-state index contributed by atoms with van der Waals surface area (Å²) in [7, 11) is 2.08. The third kappa shape index (κ3) is 4.07. The average Bonchev–Trinajstić information content (AvgIpc) is 2.40. The summed E-state index contributed by atoms with van der Waals surface area (Å²) in [6.07, 6.45) is 2.59. The smallest absolute Gasteiger partial charge is 0.0332 e. The van der Waals surface area contributed by atoms with E-state index in [-0.39, 0.29) is 0 Å². The van der Waals surface area contributed by atoms with Gasteiger partial charge in [0.05, 0.1) is 0 Å². The Hall–Kier alpha value is -0.860. The van der Waals surface area contributed by atoms with Crippen molar-refractivity contribution in [3.05, 3.63) is 35.4 Å². The summed E-state index contributed by atoms with van der Waals surface area (Å²) in [5, 5.41) is 3.49. The molecule has 0 saturated carbocycles. The Morgan fingerprint density at radius 2 is 1.85 bits per heavy atom. The lowest BCUT2D eigenvalue weighted by atomic mass is 9.91. The number of hydrogen-bond donors (Lipinski definition) is 1. The molecule has 3 unspecified atom stereocenters. The molecule has 1 heterocycles. The van der Waals surface area contributed by atoms with E-state index in [0.29, 0.717) is 6.04 Å². The summed E-state index contributed by atoms with van der Waals surface area (Å²) in [5.41, 5.74) is 2.85. The summed E-state index contributed by atoms with van der Waals surface area (Å²) >= 11 is 0. The van der Waals surface area contributed by atoms with Crippen LogP contribution in [0, 0.1) is 18.8 Å². The number of aryl methyl sites for hydroxylation is 1. The van der Waals surface area contributed by atoms with Gasteiger partial charge in [0.25, 0.3) is 0 Å². The van der Waals surface area contributed by atoms with Crippen LogP contribution in [0.15, 0.2) is 24.3 Å². The summed E-state index contributed by atoms with van der Waals surface area (Å²) in [6, 6.07) is 9.23. The van der Waals surface area contributed by atoms with E-state index in [1.54, 1.807) is 0 Å². The van der Waals surface area contributed by atoms with Crippen LogP contribution in [0.4, 0.5) is 0 Å². The molecule has 0 bridgehead atoms. The number of nitrogens with one attached hydrogen (secondary N) is 1. The number of rotatable bonds is 5. The maximum Gasteiger partial charge on any atom is 0.0332 e. The highest BCUT2D eigenvalue weighted by molar-refractivity contribution is 5.28. The normalized spacial score (nSPS) is 25.6. The molecule has 0 amide bonds. The lowest BCUT2D eigenvalue weighted by Gasteiger charge is -2.35. The first-order chi connectivity index (χ1) is 9.60. The van der Waals surface area contributed by atoms with Crippen molar-refractivity contribution in [3.63, 3.8) is 0 Å². The Morgan fingerprint density at radius 1 is 1.20 bits per heavy atom. The van der Waals surface area contributed by atoms with Gasteiger partial charge in [-0.25, -0.2) is 0 Å². The average molecular weight is 274 g/mol. The van der Waals surface area contributed by atoms with Crippen LogP contribution in [0.3, 0.4) is 0 Å². The molecule has 1 aliphatic rings. The maximum atomic E-state index is 3.49. The number of hydrogen-bond acceptors (Lipinski definition) is 2. The summed E-state index contributed by atoms with van der Waals surface area (Å²) in [5.74, 6) is 1.70. The fourth-order valence-corrected chi connectivity index (χ4v) is 3.72. The van der Waals surface area contributed by atoms with E-state index in [9.17, 15) is 0 Å². The number of nitrogens with zero attached hydrogens (tertiary/aromatic N) is 1. The minimum Gasteiger partial charge on any atom is -0.313 e. The van der Waals surface area contributed by atoms with Gasteiger partial charge < -0.3 is 10.2 Å². The van der Waals surface area contributed by atoms with Crippen molar-refractivity contribution in [1.82, 2.24) is 10.2 Å². The fourth-order valence-electron chi connectivity index (χ4n) is 3.72. The number of benzene rings is 1. The molecule has 0 spiro atoms. The molecule has 1 saturated heterocycles. The van der Waals surface area contributed by atoms with Gasteiger partial charge >= 0.3 is 0 Å². The molecule has 1 aliphatic heterocycles. The van der Waals surface area contributed by atoms with Crippen LogP contribution in [-0.4, -0.2) is 31.6 Å². The molecule has 2 heteroatoms. The maximum absolute atomic E-state index is 3.49. The predicted molar refractivity (Wildman–Crippen MR) is 87.0 cm³/mol. The summed E-state index contributed by atoms with van der Waals surface area (Å²) < 4.78 is 0. The van der Waals surface area contributed by atoms with Gasteiger partial charge in [0.15, 0.2) is 0 Å². The van der Waals surface area contributed by atoms with Gasteiger partial charge in [-0.3, -0.25) is 0 Å². The third-order valence-electron chi connectivity index (χ3n) is 4.59. The highest BCUT2D eigenvalue weighted by atomic mass is 15.1. The zero-order chi connectivity index (χ0) is 14.5. The summed E-state index contributed by atoms with van der Waals surface area (Å²) in [4.78, 5) is 2.65. The van der Waals surface area contributed by atoms with Crippen LogP contribution < -0.4 is 5.32 Å². The predicted octanol–water partition coefficient (Wildman–Crippen LogP) is 3.62. The molecule has 0 aliphatic carbocycles. The van der Waals surface area contributed by atoms with E-state index < -0.39 is 0 Å². The zero-order valence-corrected chi connectivity index (χ0v) is 13.5. The van der Waals surface area contributed by atoms with Crippen LogP contribution >= 0.6 is 0 Å². The van der Waals surface area contributed by atoms with Crippen LogP contribution in [-0.2, 0) is 0 Å². The van der Waals surface area contributed by atoms with E-state index >= 15 is 0 Å². The lowest BCUT2D eigenvalue weighted by Crippen LogP contribution is -2.40. The second-order valence-electron chi connectivity index (χ2n) is 6.69. The summed E-state index contributed by atoms with van der Waals surface area (Å²) in [6.45, 7) is 10.7. The van der Waals surface area contributed by atoms with Gasteiger partial charge in [-0.05, 0) is 56.3 Å². The van der Waals surface area contributed by atoms with Gasteiger partial charge in [0, 0.05) is 19.1 Å². The molecule has 2 nitrogen and oxygen atoms in total. The van der Waals surface area contributed by atoms with Crippen LogP contribution in [0.25, 0.3) is 0 Å². The monoisotopic (exact) mass is 274 g/mol. The van der Waals surface area contributed by atoms with Gasteiger partial charge in [-0.1, -0.05) is 38.1 Å². The van der Waals surface area contributed by atoms with Crippen molar-refractivity contribution in [1.29, 1.82) is 0 Å². The molecule has 3 atom stereocenters. The quantitative estimate of drug-likeness (QED) is 0.882. The first-order valence-corrected chi connectivity index (χ1v) is 8.05. The fraction of sp³-hybridized carbons (Fsp3) is 0.667. The van der Waals surface area contributed by atoms with Crippen LogP contribution in [0.1, 0.15) is 43.9 Å². The molecule has 20 heavy (non-hydrogen) atoms. The van der Waals surface area contributed by atoms with E-state index in [1.165, 1.54) is 43.6 Å². The van der Waals surface area contributed by atoms with Crippen molar-refractivity contribution < 1.29 is 0 Å². The number of likely N-dealkylation sites (tertiary alicyclic amines) is 1. The zero-order valence-electron chi connectivity index (χ0n) is 13.5. The van der Waals surface area contributed by atoms with Crippen molar-refractivity contribution >= 4 is 0 Å². The van der Waals surface area contributed by atoms with E-state index in [2.05, 4.69) is 62.3 Å². The lowest BCUT2D eigenvalue weighted by molar-refractivity contribution is 0.136. The largest absolute Gasteiger partial charge is 0.313 e. The molecule has 2 rings (SSSR count). The van der Waals surface area contributed by atoms with Crippen molar-refractivity contribution in [2.75, 3.05) is 26.7 Å². The standard InChI is InChI=1S/C18H30N2/c1-14-11-15(2)13-20(12-14)10-9-18(19-4)17-8-6-5-7-16(17)3/h5-8,14-15,18-19H,9-13H2,1-4H3. The van der Waals surface area contributed by atoms with E-state index in [1.807, 2.05) is 0 Å². The Bertz CT molecular complexity index is 406. The Balaban J connectivity index is 1.93. The Kier molecular flexibility index (Phi) is 5.62. The molecule has 1 N–H and O–H groups in total. The van der Waals surface area contributed by atoms with Gasteiger partial charge in [-0.15, -0.1) is 0 Å². The molecular formula is C18H30N2. The minimum absolute atomic E-state index is 0.476. The van der Waals surface area contributed by atoms with E-state index in [0.717, 1.165) is 11.8 Å². The first-order valence-electron chi connectivity index (χ1n) is 8.05. The van der Waals surface area contributed by atoms with Gasteiger partial charge in [-0.2, -0.15) is 0 Å². The van der Waals surface area contributed by atoms with Crippen LogP contribution in [0.2, 0.25) is 0 Å². The van der Waals surface area contributed by atoms with Gasteiger partial charge in [0.2, 0.25) is 0 Å². The Labute approximate surface area is 124 Å². The second kappa shape index (κ2) is 7.24. The second-order valence-corrected chi connectivity index (χ2v) is 6.69. The van der Waals surface area contributed by atoms with Gasteiger partial charge in [0.1, 0.15) is 0 Å². The minimum atomic E-state index is 0.476. The van der Waals surface area contributed by atoms with Crippen molar-refractivity contribution in [2.24, 2.45) is 11.8 Å². The molecular weight excluding hydrogens is 244 g/mol. The van der Waals surface area contributed by atoms with E-state index in [4.69, 9.17) is 0 Å². The molecule has 0 aromatic heterocycles. The highest BCUT2D eigenvalue weighted by Crippen LogP contribution is 2.24. The molecule has 0 radical (unpaired) electrons. The number of piperidine rings is 1. The first kappa shape index (κ1) is 15.5. The molecule has 1 aromatic carbocycles. The molecule has 1 fully saturated rings. The molecule has 1 aromatic rings. The highest BCUT2D eigenvalue weighted by Gasteiger charge is 2.22. The Morgan fingerprint density at radius 3 is 2.45 bits per heavy atom. The van der Waals surface area contributed by atoms with Crippen LogP contribution in [0.5, 0.6) is 0 Å². The third-order valence-corrected chi connectivity index (χ3v) is 4.59.